The number of rotatable bonds is 2. The molecule has 2 aromatic heterocycles. The third-order valence-corrected chi connectivity index (χ3v) is 3.52. The van der Waals surface area contributed by atoms with Crippen LogP contribution in [0.3, 0.4) is 0 Å². The Morgan fingerprint density at radius 1 is 1.17 bits per heavy atom. The normalized spacial score (nSPS) is 10.8. The van der Waals surface area contributed by atoms with E-state index in [9.17, 15) is 0 Å². The molecule has 3 rings (SSSR count). The molecule has 3 aromatic rings. The number of hydrogen-bond acceptors (Lipinski definition) is 5. The zero-order valence-electron chi connectivity index (χ0n) is 10.1. The molecular weight excluding hydrogens is 244 g/mol. The molecule has 2 heterocycles. The van der Waals surface area contributed by atoms with E-state index in [0.29, 0.717) is 5.82 Å². The summed E-state index contributed by atoms with van der Waals surface area (Å²) in [4.78, 5) is 8.99. The molecule has 0 amide bonds. The van der Waals surface area contributed by atoms with Gasteiger partial charge in [-0.05, 0) is 24.6 Å². The van der Waals surface area contributed by atoms with E-state index in [1.165, 1.54) is 22.5 Å². The number of aryl methyl sites for hydroxylation is 1. The highest BCUT2D eigenvalue weighted by atomic mass is 32.1. The number of nitrogens with zero attached hydrogens (tertiary/aromatic N) is 3. The van der Waals surface area contributed by atoms with Crippen molar-refractivity contribution in [3.8, 4) is 11.5 Å². The first-order chi connectivity index (χ1) is 8.78. The molecule has 0 aliphatic carbocycles. The summed E-state index contributed by atoms with van der Waals surface area (Å²) in [5.41, 5.74) is 2.99. The Bertz CT molecular complexity index is 705. The van der Waals surface area contributed by atoms with Gasteiger partial charge in [-0.15, -0.1) is 0 Å². The first-order valence-electron chi connectivity index (χ1n) is 5.66. The van der Waals surface area contributed by atoms with Crippen molar-refractivity contribution in [1.82, 2.24) is 14.3 Å². The van der Waals surface area contributed by atoms with E-state index in [2.05, 4.69) is 32.6 Å². The van der Waals surface area contributed by atoms with Gasteiger partial charge in [0.1, 0.15) is 5.69 Å². The van der Waals surface area contributed by atoms with Gasteiger partial charge in [0, 0.05) is 24.0 Å². The second kappa shape index (κ2) is 4.34. The molecule has 1 N–H and O–H groups in total. The van der Waals surface area contributed by atoms with Crippen LogP contribution in [0.1, 0.15) is 5.56 Å². The summed E-state index contributed by atoms with van der Waals surface area (Å²) in [6.45, 7) is 2.08. The summed E-state index contributed by atoms with van der Waals surface area (Å²) in [7, 11) is 1.84. The largest absolute Gasteiger partial charge is 0.363 e. The fraction of sp³-hybridized carbons (Fsp3) is 0.154. The van der Waals surface area contributed by atoms with Crippen molar-refractivity contribution < 1.29 is 0 Å². The molecule has 0 fully saturated rings. The maximum atomic E-state index is 4.61. The molecule has 0 unspecified atom stereocenters. The molecule has 0 aliphatic heterocycles. The Morgan fingerprint density at radius 2 is 2.00 bits per heavy atom. The average molecular weight is 256 g/mol. The predicted molar refractivity (Wildman–Crippen MR) is 74.9 cm³/mol. The lowest BCUT2D eigenvalue weighted by atomic mass is 10.1. The van der Waals surface area contributed by atoms with Gasteiger partial charge in [0.2, 0.25) is 5.13 Å². The van der Waals surface area contributed by atoms with E-state index >= 15 is 0 Å². The van der Waals surface area contributed by atoms with Gasteiger partial charge in [-0.2, -0.15) is 9.36 Å². The molecule has 0 bridgehead atoms. The Morgan fingerprint density at radius 3 is 2.78 bits per heavy atom. The van der Waals surface area contributed by atoms with Gasteiger partial charge in [-0.25, -0.2) is 4.98 Å². The minimum absolute atomic E-state index is 0.679. The van der Waals surface area contributed by atoms with Gasteiger partial charge >= 0.3 is 0 Å². The van der Waals surface area contributed by atoms with Crippen LogP contribution in [-0.2, 0) is 0 Å². The standard InChI is InChI=1S/C13H12N4S/c1-8-7-11(12-16-13(14-2)18-17-12)15-10-6-4-3-5-9(8)10/h3-7H,1-2H3,(H,14,16,17). The zero-order chi connectivity index (χ0) is 12.5. The number of hydrogen-bond donors (Lipinski definition) is 1. The summed E-state index contributed by atoms with van der Waals surface area (Å²) in [6, 6.07) is 10.1. The number of para-hydroxylation sites is 1. The number of nitrogens with one attached hydrogen (secondary N) is 1. The Balaban J connectivity index is 2.18. The van der Waals surface area contributed by atoms with Gasteiger partial charge in [-0.1, -0.05) is 18.2 Å². The predicted octanol–water partition coefficient (Wildman–Crippen LogP) is 3.10. The third kappa shape index (κ3) is 1.82. The molecule has 0 saturated carbocycles. The maximum absolute atomic E-state index is 4.61. The monoisotopic (exact) mass is 256 g/mol. The van der Waals surface area contributed by atoms with E-state index in [4.69, 9.17) is 0 Å². The molecule has 0 radical (unpaired) electrons. The first-order valence-corrected chi connectivity index (χ1v) is 6.43. The van der Waals surface area contributed by atoms with Crippen molar-refractivity contribution in [2.45, 2.75) is 6.92 Å². The molecule has 0 aliphatic rings. The van der Waals surface area contributed by atoms with Gasteiger partial charge in [0.25, 0.3) is 0 Å². The van der Waals surface area contributed by atoms with Crippen LogP contribution in [0.5, 0.6) is 0 Å². The van der Waals surface area contributed by atoms with E-state index in [1.807, 2.05) is 31.3 Å². The van der Waals surface area contributed by atoms with Crippen molar-refractivity contribution in [2.75, 3.05) is 12.4 Å². The molecule has 5 heteroatoms. The second-order valence-electron chi connectivity index (χ2n) is 4.01. The average Bonchev–Trinajstić information content (AvgIpc) is 2.87. The zero-order valence-corrected chi connectivity index (χ0v) is 11.0. The molecule has 0 spiro atoms. The lowest BCUT2D eigenvalue weighted by molar-refractivity contribution is 1.24. The van der Waals surface area contributed by atoms with E-state index < -0.39 is 0 Å². The van der Waals surface area contributed by atoms with Crippen LogP contribution in [0.4, 0.5) is 5.13 Å². The molecule has 0 atom stereocenters. The summed E-state index contributed by atoms with van der Waals surface area (Å²) in [6.07, 6.45) is 0. The highest BCUT2D eigenvalue weighted by Crippen LogP contribution is 2.24. The van der Waals surface area contributed by atoms with E-state index in [0.717, 1.165) is 16.3 Å². The third-order valence-electron chi connectivity index (χ3n) is 2.79. The van der Waals surface area contributed by atoms with Crippen LogP contribution < -0.4 is 5.32 Å². The van der Waals surface area contributed by atoms with Crippen molar-refractivity contribution in [2.24, 2.45) is 0 Å². The number of aromatic nitrogens is 3. The summed E-state index contributed by atoms with van der Waals surface area (Å²) in [5.74, 6) is 0.679. The SMILES string of the molecule is CNc1nc(-c2cc(C)c3ccccc3n2)ns1. The quantitative estimate of drug-likeness (QED) is 0.765. The van der Waals surface area contributed by atoms with Crippen molar-refractivity contribution in [3.63, 3.8) is 0 Å². The Labute approximate surface area is 109 Å². The summed E-state index contributed by atoms with van der Waals surface area (Å²) < 4.78 is 4.31. The van der Waals surface area contributed by atoms with Crippen LogP contribution in [0.2, 0.25) is 0 Å². The van der Waals surface area contributed by atoms with Crippen LogP contribution in [0, 0.1) is 6.92 Å². The minimum Gasteiger partial charge on any atom is -0.363 e. The van der Waals surface area contributed by atoms with Crippen LogP contribution in [0.25, 0.3) is 22.4 Å². The topological polar surface area (TPSA) is 50.7 Å². The van der Waals surface area contributed by atoms with Gasteiger partial charge in [0.05, 0.1) is 5.52 Å². The molecular formula is C13H12N4S. The fourth-order valence-electron chi connectivity index (χ4n) is 1.89. The summed E-state index contributed by atoms with van der Waals surface area (Å²) >= 11 is 1.34. The minimum atomic E-state index is 0.679. The molecule has 18 heavy (non-hydrogen) atoms. The Kier molecular flexibility index (Phi) is 2.68. The lowest BCUT2D eigenvalue weighted by Crippen LogP contribution is -1.91. The molecule has 90 valence electrons. The number of anilines is 1. The fourth-order valence-corrected chi connectivity index (χ4v) is 2.42. The molecule has 1 aromatic carbocycles. The number of pyridine rings is 1. The van der Waals surface area contributed by atoms with Crippen molar-refractivity contribution in [3.05, 3.63) is 35.9 Å². The van der Waals surface area contributed by atoms with Crippen molar-refractivity contribution >= 4 is 27.6 Å². The van der Waals surface area contributed by atoms with E-state index in [-0.39, 0.29) is 0 Å². The molecule has 4 nitrogen and oxygen atoms in total. The number of benzene rings is 1. The van der Waals surface area contributed by atoms with Crippen LogP contribution in [-0.4, -0.2) is 21.4 Å². The van der Waals surface area contributed by atoms with Gasteiger partial charge in [0.15, 0.2) is 5.82 Å². The first kappa shape index (κ1) is 11.1. The van der Waals surface area contributed by atoms with Gasteiger partial charge < -0.3 is 5.32 Å². The Hall–Kier alpha value is -2.01. The highest BCUT2D eigenvalue weighted by Gasteiger charge is 2.09. The lowest BCUT2D eigenvalue weighted by Gasteiger charge is -2.03. The smallest absolute Gasteiger partial charge is 0.202 e. The second-order valence-corrected chi connectivity index (χ2v) is 4.77. The maximum Gasteiger partial charge on any atom is 0.202 e. The molecule has 0 saturated heterocycles. The van der Waals surface area contributed by atoms with Crippen molar-refractivity contribution in [1.29, 1.82) is 0 Å². The summed E-state index contributed by atoms with van der Waals surface area (Å²) in [5, 5.41) is 4.96. The number of fused-ring (bicyclic) bond motifs is 1. The van der Waals surface area contributed by atoms with Crippen LogP contribution in [0.15, 0.2) is 30.3 Å². The highest BCUT2D eigenvalue weighted by molar-refractivity contribution is 7.09. The van der Waals surface area contributed by atoms with Gasteiger partial charge in [-0.3, -0.25) is 0 Å². The van der Waals surface area contributed by atoms with Crippen LogP contribution >= 0.6 is 11.5 Å². The van der Waals surface area contributed by atoms with E-state index in [1.54, 1.807) is 0 Å².